The van der Waals surface area contributed by atoms with Crippen LogP contribution in [0, 0.1) is 5.82 Å². The van der Waals surface area contributed by atoms with E-state index >= 15 is 0 Å². The third kappa shape index (κ3) is 3.66. The van der Waals surface area contributed by atoms with E-state index in [9.17, 15) is 27.5 Å². The lowest BCUT2D eigenvalue weighted by molar-refractivity contribution is -0.151. The highest BCUT2D eigenvalue weighted by Crippen LogP contribution is 2.34. The number of carboxylic acids is 1. The lowest BCUT2D eigenvalue weighted by Crippen LogP contribution is -2.43. The molecule has 1 unspecified atom stereocenters. The van der Waals surface area contributed by atoms with Crippen LogP contribution in [0.3, 0.4) is 0 Å². The van der Waals surface area contributed by atoms with Crippen LogP contribution >= 0.6 is 0 Å². The van der Waals surface area contributed by atoms with E-state index in [1.54, 1.807) is 0 Å². The third-order valence-electron chi connectivity index (χ3n) is 2.97. The van der Waals surface area contributed by atoms with Gasteiger partial charge in [-0.1, -0.05) is 12.1 Å². The number of nitrogens with two attached hydrogens (primary N) is 1. The summed E-state index contributed by atoms with van der Waals surface area (Å²) in [7, 11) is 0. The summed E-state index contributed by atoms with van der Waals surface area (Å²) in [5, 5.41) is 9.20. The first-order valence-corrected chi connectivity index (χ1v) is 5.47. The second-order valence-electron chi connectivity index (χ2n) is 4.22. The van der Waals surface area contributed by atoms with Gasteiger partial charge in [-0.2, -0.15) is 13.2 Å². The molecular weight excluding hydrogens is 266 g/mol. The zero-order valence-corrected chi connectivity index (χ0v) is 9.88. The van der Waals surface area contributed by atoms with Crippen LogP contribution in [-0.2, 0) is 10.2 Å². The predicted molar refractivity (Wildman–Crippen MR) is 60.1 cm³/mol. The van der Waals surface area contributed by atoms with E-state index in [0.717, 1.165) is 12.1 Å². The molecule has 3 N–H and O–H groups in total. The standard InChI is InChI=1S/C12H13F4NO2/c13-9-3-1-2-8(6-9)11(7-17,10(18)19)4-5-12(14,15)16/h1-3,6H,4-5,7,17H2,(H,18,19). The molecule has 1 rings (SSSR count). The molecule has 1 atom stereocenters. The van der Waals surface area contributed by atoms with Crippen molar-refractivity contribution < 1.29 is 27.5 Å². The number of alkyl halides is 3. The average Bonchev–Trinajstić information content (AvgIpc) is 2.28. The largest absolute Gasteiger partial charge is 0.481 e. The summed E-state index contributed by atoms with van der Waals surface area (Å²) in [5.41, 5.74) is 3.35. The van der Waals surface area contributed by atoms with Crippen LogP contribution in [0.1, 0.15) is 18.4 Å². The van der Waals surface area contributed by atoms with Crippen molar-refractivity contribution in [2.45, 2.75) is 24.4 Å². The molecule has 19 heavy (non-hydrogen) atoms. The molecule has 0 aliphatic carbocycles. The summed E-state index contributed by atoms with van der Waals surface area (Å²) in [6.07, 6.45) is -6.53. The van der Waals surface area contributed by atoms with Gasteiger partial charge in [-0.15, -0.1) is 0 Å². The lowest BCUT2D eigenvalue weighted by atomic mass is 9.76. The molecule has 0 bridgehead atoms. The SMILES string of the molecule is NCC(CCC(F)(F)F)(C(=O)O)c1cccc(F)c1. The molecule has 1 aromatic carbocycles. The Morgan fingerprint density at radius 2 is 1.89 bits per heavy atom. The van der Waals surface area contributed by atoms with Crippen LogP contribution in [0.2, 0.25) is 0 Å². The highest BCUT2D eigenvalue weighted by atomic mass is 19.4. The van der Waals surface area contributed by atoms with Gasteiger partial charge in [0.1, 0.15) is 11.2 Å². The molecular formula is C12H13F4NO2. The van der Waals surface area contributed by atoms with Crippen molar-refractivity contribution in [3.05, 3.63) is 35.6 Å². The Kier molecular flexibility index (Phi) is 4.52. The quantitative estimate of drug-likeness (QED) is 0.814. The number of benzene rings is 1. The number of rotatable bonds is 5. The van der Waals surface area contributed by atoms with Crippen LogP contribution in [0.15, 0.2) is 24.3 Å². The minimum absolute atomic E-state index is 0.0632. The van der Waals surface area contributed by atoms with Crippen LogP contribution in [0.4, 0.5) is 17.6 Å². The molecule has 0 aliphatic rings. The van der Waals surface area contributed by atoms with E-state index in [1.807, 2.05) is 0 Å². The van der Waals surface area contributed by atoms with Crippen molar-refractivity contribution in [2.24, 2.45) is 5.73 Å². The first-order chi connectivity index (χ1) is 8.71. The normalized spacial score (nSPS) is 15.0. The van der Waals surface area contributed by atoms with E-state index in [4.69, 9.17) is 5.73 Å². The molecule has 0 aliphatic heterocycles. The van der Waals surface area contributed by atoms with Crippen molar-refractivity contribution in [3.63, 3.8) is 0 Å². The van der Waals surface area contributed by atoms with E-state index < -0.39 is 42.8 Å². The zero-order valence-electron chi connectivity index (χ0n) is 9.88. The Balaban J connectivity index is 3.16. The van der Waals surface area contributed by atoms with Gasteiger partial charge in [-0.05, 0) is 24.1 Å². The number of carbonyl (C=O) groups is 1. The van der Waals surface area contributed by atoms with Crippen molar-refractivity contribution in [3.8, 4) is 0 Å². The molecule has 106 valence electrons. The van der Waals surface area contributed by atoms with Crippen LogP contribution in [0.25, 0.3) is 0 Å². The summed E-state index contributed by atoms with van der Waals surface area (Å²) in [5.74, 6) is -2.21. The minimum atomic E-state index is -4.50. The zero-order chi connectivity index (χ0) is 14.7. The lowest BCUT2D eigenvalue weighted by Gasteiger charge is -2.29. The van der Waals surface area contributed by atoms with Crippen LogP contribution in [-0.4, -0.2) is 23.8 Å². The Morgan fingerprint density at radius 1 is 1.26 bits per heavy atom. The number of halogens is 4. The Hall–Kier alpha value is -1.63. The molecule has 0 fully saturated rings. The highest BCUT2D eigenvalue weighted by molar-refractivity contribution is 5.81. The van der Waals surface area contributed by atoms with Crippen LogP contribution in [0.5, 0.6) is 0 Å². The molecule has 0 saturated heterocycles. The minimum Gasteiger partial charge on any atom is -0.481 e. The van der Waals surface area contributed by atoms with Gasteiger partial charge in [-0.3, -0.25) is 4.79 Å². The molecule has 3 nitrogen and oxygen atoms in total. The van der Waals surface area contributed by atoms with E-state index in [1.165, 1.54) is 12.1 Å². The highest BCUT2D eigenvalue weighted by Gasteiger charge is 2.42. The fourth-order valence-corrected chi connectivity index (χ4v) is 1.82. The van der Waals surface area contributed by atoms with Gasteiger partial charge in [-0.25, -0.2) is 4.39 Å². The van der Waals surface area contributed by atoms with Crippen molar-refractivity contribution in [2.75, 3.05) is 6.54 Å². The van der Waals surface area contributed by atoms with Crippen molar-refractivity contribution in [1.82, 2.24) is 0 Å². The summed E-state index contributed by atoms with van der Waals surface area (Å²) in [6, 6.07) is 4.49. The fraction of sp³-hybridized carbons (Fsp3) is 0.417. The van der Waals surface area contributed by atoms with Gasteiger partial charge in [0, 0.05) is 13.0 Å². The average molecular weight is 279 g/mol. The number of aliphatic carboxylic acids is 1. The maximum Gasteiger partial charge on any atom is 0.389 e. The van der Waals surface area contributed by atoms with E-state index in [2.05, 4.69) is 0 Å². The molecule has 7 heteroatoms. The maximum atomic E-state index is 13.1. The molecule has 0 spiro atoms. The maximum absolute atomic E-state index is 13.1. The summed E-state index contributed by atoms with van der Waals surface area (Å²) in [4.78, 5) is 11.3. The molecule has 0 amide bonds. The molecule has 0 aromatic heterocycles. The Labute approximate surface area is 107 Å². The number of hydrogen-bond acceptors (Lipinski definition) is 2. The summed E-state index contributed by atoms with van der Waals surface area (Å²) in [6.45, 7) is -0.540. The Bertz CT molecular complexity index is 461. The van der Waals surface area contributed by atoms with Crippen LogP contribution < -0.4 is 5.73 Å². The van der Waals surface area contributed by atoms with Gasteiger partial charge in [0.25, 0.3) is 0 Å². The second kappa shape index (κ2) is 5.56. The molecule has 1 aromatic rings. The number of carboxylic acid groups (broad SMARTS) is 1. The third-order valence-corrected chi connectivity index (χ3v) is 2.97. The number of hydrogen-bond donors (Lipinski definition) is 2. The van der Waals surface area contributed by atoms with Crippen molar-refractivity contribution >= 4 is 5.97 Å². The van der Waals surface area contributed by atoms with Gasteiger partial charge in [0.2, 0.25) is 0 Å². The smallest absolute Gasteiger partial charge is 0.389 e. The summed E-state index contributed by atoms with van der Waals surface area (Å²) >= 11 is 0. The van der Waals surface area contributed by atoms with Gasteiger partial charge in [0.05, 0.1) is 0 Å². The second-order valence-corrected chi connectivity index (χ2v) is 4.22. The first kappa shape index (κ1) is 15.4. The van der Waals surface area contributed by atoms with E-state index in [0.29, 0.717) is 0 Å². The van der Waals surface area contributed by atoms with Gasteiger partial charge in [0.15, 0.2) is 0 Å². The molecule has 0 heterocycles. The predicted octanol–water partition coefficient (Wildman–Crippen LogP) is 2.45. The topological polar surface area (TPSA) is 63.3 Å². The fourth-order valence-electron chi connectivity index (χ4n) is 1.82. The summed E-state index contributed by atoms with van der Waals surface area (Å²) < 4.78 is 49.9. The van der Waals surface area contributed by atoms with Gasteiger partial charge < -0.3 is 10.8 Å². The molecule has 0 saturated carbocycles. The monoisotopic (exact) mass is 279 g/mol. The Morgan fingerprint density at radius 3 is 2.32 bits per heavy atom. The van der Waals surface area contributed by atoms with Crippen molar-refractivity contribution in [1.29, 1.82) is 0 Å². The first-order valence-electron chi connectivity index (χ1n) is 5.47. The van der Waals surface area contributed by atoms with Gasteiger partial charge >= 0.3 is 12.1 Å². The van der Waals surface area contributed by atoms with E-state index in [-0.39, 0.29) is 5.56 Å². The molecule has 0 radical (unpaired) electrons.